The fraction of sp³-hybridized carbons (Fsp3) is 0.900. The molecule has 14 heavy (non-hydrogen) atoms. The Morgan fingerprint density at radius 3 is 2.93 bits per heavy atom. The Bertz CT molecular complexity index is 197. The summed E-state index contributed by atoms with van der Waals surface area (Å²) in [5, 5.41) is 8.72. The minimum atomic E-state index is -0.723. The van der Waals surface area contributed by atoms with E-state index in [1.54, 1.807) is 0 Å². The second-order valence-corrected chi connectivity index (χ2v) is 4.07. The minimum absolute atomic E-state index is 0.112. The van der Waals surface area contributed by atoms with Crippen LogP contribution >= 0.6 is 0 Å². The first-order valence-electron chi connectivity index (χ1n) is 5.32. The summed E-state index contributed by atoms with van der Waals surface area (Å²) in [5.74, 6) is -0.723. The van der Waals surface area contributed by atoms with E-state index in [-0.39, 0.29) is 12.5 Å². The number of carbonyl (C=O) groups is 1. The van der Waals surface area contributed by atoms with Gasteiger partial charge in [-0.3, -0.25) is 9.69 Å². The van der Waals surface area contributed by atoms with Crippen molar-refractivity contribution in [1.29, 1.82) is 0 Å². The maximum Gasteiger partial charge on any atom is 0.304 e. The van der Waals surface area contributed by atoms with Crippen molar-refractivity contribution in [3.8, 4) is 0 Å². The third kappa shape index (κ3) is 2.96. The molecule has 4 heteroatoms. The first-order chi connectivity index (χ1) is 6.65. The molecule has 0 aliphatic carbocycles. The molecule has 0 aromatic carbocycles. The SMILES string of the molecule is CC(CC(=O)O)N1CCCCC1CN. The van der Waals surface area contributed by atoms with Crippen LogP contribution in [0.5, 0.6) is 0 Å². The zero-order valence-electron chi connectivity index (χ0n) is 8.78. The molecule has 1 aliphatic rings. The van der Waals surface area contributed by atoms with Crippen LogP contribution in [0, 0.1) is 0 Å². The third-order valence-electron chi connectivity index (χ3n) is 2.98. The van der Waals surface area contributed by atoms with E-state index >= 15 is 0 Å². The average Bonchev–Trinajstić information content (AvgIpc) is 2.16. The van der Waals surface area contributed by atoms with E-state index in [4.69, 9.17) is 10.8 Å². The van der Waals surface area contributed by atoms with E-state index in [0.29, 0.717) is 12.6 Å². The molecular weight excluding hydrogens is 180 g/mol. The highest BCUT2D eigenvalue weighted by Crippen LogP contribution is 2.20. The Morgan fingerprint density at radius 2 is 2.36 bits per heavy atom. The summed E-state index contributed by atoms with van der Waals surface area (Å²) >= 11 is 0. The second kappa shape index (κ2) is 5.32. The van der Waals surface area contributed by atoms with E-state index in [9.17, 15) is 4.79 Å². The zero-order chi connectivity index (χ0) is 10.6. The van der Waals surface area contributed by atoms with Crippen molar-refractivity contribution in [3.05, 3.63) is 0 Å². The molecule has 0 amide bonds. The Hall–Kier alpha value is -0.610. The number of carboxylic acid groups (broad SMARTS) is 1. The van der Waals surface area contributed by atoms with Gasteiger partial charge in [-0.05, 0) is 26.3 Å². The van der Waals surface area contributed by atoms with Gasteiger partial charge in [-0.2, -0.15) is 0 Å². The molecule has 0 aromatic heterocycles. The van der Waals surface area contributed by atoms with E-state index in [1.807, 2.05) is 6.92 Å². The fourth-order valence-electron chi connectivity index (χ4n) is 2.23. The van der Waals surface area contributed by atoms with Crippen LogP contribution in [0.25, 0.3) is 0 Å². The fourth-order valence-corrected chi connectivity index (χ4v) is 2.23. The number of aliphatic carboxylic acids is 1. The topological polar surface area (TPSA) is 66.6 Å². The van der Waals surface area contributed by atoms with Gasteiger partial charge in [0.1, 0.15) is 0 Å². The van der Waals surface area contributed by atoms with Crippen molar-refractivity contribution >= 4 is 5.97 Å². The number of hydrogen-bond acceptors (Lipinski definition) is 3. The van der Waals surface area contributed by atoms with Crippen molar-refractivity contribution in [3.63, 3.8) is 0 Å². The quantitative estimate of drug-likeness (QED) is 0.699. The summed E-state index contributed by atoms with van der Waals surface area (Å²) in [6.07, 6.45) is 3.72. The van der Waals surface area contributed by atoms with Gasteiger partial charge in [0.15, 0.2) is 0 Å². The van der Waals surface area contributed by atoms with Crippen molar-refractivity contribution in [2.24, 2.45) is 5.73 Å². The lowest BCUT2D eigenvalue weighted by Gasteiger charge is -2.38. The molecule has 1 rings (SSSR count). The lowest BCUT2D eigenvalue weighted by molar-refractivity contribution is -0.138. The van der Waals surface area contributed by atoms with Crippen LogP contribution in [0.4, 0.5) is 0 Å². The van der Waals surface area contributed by atoms with Gasteiger partial charge in [0, 0.05) is 18.6 Å². The highest BCUT2D eigenvalue weighted by Gasteiger charge is 2.26. The number of nitrogens with two attached hydrogens (primary N) is 1. The highest BCUT2D eigenvalue weighted by molar-refractivity contribution is 5.67. The molecule has 0 bridgehead atoms. The van der Waals surface area contributed by atoms with Gasteiger partial charge in [-0.25, -0.2) is 0 Å². The Morgan fingerprint density at radius 1 is 1.64 bits per heavy atom. The maximum atomic E-state index is 10.6. The molecule has 1 saturated heterocycles. The Balaban J connectivity index is 2.49. The molecule has 2 atom stereocenters. The molecule has 0 spiro atoms. The lowest BCUT2D eigenvalue weighted by atomic mass is 9.99. The average molecular weight is 200 g/mol. The molecule has 3 N–H and O–H groups in total. The van der Waals surface area contributed by atoms with Crippen LogP contribution in [0.15, 0.2) is 0 Å². The number of piperidine rings is 1. The van der Waals surface area contributed by atoms with E-state index in [1.165, 1.54) is 12.8 Å². The summed E-state index contributed by atoms with van der Waals surface area (Å²) in [7, 11) is 0. The Labute approximate surface area is 85.1 Å². The maximum absolute atomic E-state index is 10.6. The van der Waals surface area contributed by atoms with Crippen molar-refractivity contribution in [2.45, 2.75) is 44.7 Å². The monoisotopic (exact) mass is 200 g/mol. The van der Waals surface area contributed by atoms with Gasteiger partial charge >= 0.3 is 5.97 Å². The molecule has 1 aliphatic heterocycles. The molecule has 0 aromatic rings. The van der Waals surface area contributed by atoms with Crippen LogP contribution in [0.1, 0.15) is 32.6 Å². The van der Waals surface area contributed by atoms with Gasteiger partial charge < -0.3 is 10.8 Å². The molecule has 82 valence electrons. The number of carboxylic acids is 1. The minimum Gasteiger partial charge on any atom is -0.481 e. The summed E-state index contributed by atoms with van der Waals surface area (Å²) in [4.78, 5) is 12.8. The largest absolute Gasteiger partial charge is 0.481 e. The Kier molecular flexibility index (Phi) is 4.35. The van der Waals surface area contributed by atoms with Crippen molar-refractivity contribution < 1.29 is 9.90 Å². The third-order valence-corrected chi connectivity index (χ3v) is 2.98. The first kappa shape index (κ1) is 11.5. The molecule has 2 unspecified atom stereocenters. The van der Waals surface area contributed by atoms with Gasteiger partial charge in [-0.1, -0.05) is 6.42 Å². The number of likely N-dealkylation sites (tertiary alicyclic amines) is 1. The van der Waals surface area contributed by atoms with Gasteiger partial charge in [0.05, 0.1) is 6.42 Å². The predicted octanol–water partition coefficient (Wildman–Crippen LogP) is 0.663. The number of nitrogens with zero attached hydrogens (tertiary/aromatic N) is 1. The molecule has 4 nitrogen and oxygen atoms in total. The van der Waals surface area contributed by atoms with Crippen LogP contribution in [0.3, 0.4) is 0 Å². The summed E-state index contributed by atoms with van der Waals surface area (Å²) in [6.45, 7) is 3.61. The number of hydrogen-bond donors (Lipinski definition) is 2. The second-order valence-electron chi connectivity index (χ2n) is 4.07. The molecular formula is C10H20N2O2. The predicted molar refractivity (Wildman–Crippen MR) is 55.1 cm³/mol. The lowest BCUT2D eigenvalue weighted by Crippen LogP contribution is -2.49. The standard InChI is InChI=1S/C10H20N2O2/c1-8(6-10(13)14)12-5-3-2-4-9(12)7-11/h8-9H,2-7,11H2,1H3,(H,13,14). The number of rotatable bonds is 4. The molecule has 0 saturated carbocycles. The molecule has 1 heterocycles. The van der Waals surface area contributed by atoms with E-state index in [2.05, 4.69) is 4.90 Å². The van der Waals surface area contributed by atoms with Gasteiger partial charge in [-0.15, -0.1) is 0 Å². The summed E-state index contributed by atoms with van der Waals surface area (Å²) < 4.78 is 0. The first-order valence-corrected chi connectivity index (χ1v) is 5.32. The van der Waals surface area contributed by atoms with Crippen LogP contribution in [0.2, 0.25) is 0 Å². The van der Waals surface area contributed by atoms with Gasteiger partial charge in [0.25, 0.3) is 0 Å². The zero-order valence-corrected chi connectivity index (χ0v) is 8.78. The van der Waals surface area contributed by atoms with Crippen molar-refractivity contribution in [1.82, 2.24) is 4.90 Å². The molecule has 1 fully saturated rings. The molecule has 0 radical (unpaired) electrons. The van der Waals surface area contributed by atoms with E-state index in [0.717, 1.165) is 13.0 Å². The normalized spacial score (nSPS) is 26.0. The summed E-state index contributed by atoms with van der Waals surface area (Å²) in [6, 6.07) is 0.499. The van der Waals surface area contributed by atoms with Crippen LogP contribution in [-0.4, -0.2) is 41.1 Å². The summed E-state index contributed by atoms with van der Waals surface area (Å²) in [5.41, 5.74) is 5.67. The van der Waals surface area contributed by atoms with E-state index < -0.39 is 5.97 Å². The van der Waals surface area contributed by atoms with Gasteiger partial charge in [0.2, 0.25) is 0 Å². The smallest absolute Gasteiger partial charge is 0.304 e. The van der Waals surface area contributed by atoms with Crippen LogP contribution < -0.4 is 5.73 Å². The van der Waals surface area contributed by atoms with Crippen molar-refractivity contribution in [2.75, 3.05) is 13.1 Å². The highest BCUT2D eigenvalue weighted by atomic mass is 16.4. The van der Waals surface area contributed by atoms with Crippen LogP contribution in [-0.2, 0) is 4.79 Å².